The first-order valence-corrected chi connectivity index (χ1v) is 22.6. The van der Waals surface area contributed by atoms with E-state index in [0.29, 0.717) is 23.9 Å². The Morgan fingerprint density at radius 3 is 1.54 bits per heavy atom. The van der Waals surface area contributed by atoms with E-state index in [1.165, 1.54) is 116 Å². The SMILES string of the molecule is CCCCCCCCCCCCCCCCCC(=O)OC[C@H](COP(=O)(O)OCC[N+](C)(C)C)OC(=O)CCCC1(CCCCCCCCC)N=N1. The number of phosphoric ester groups is 1. The summed E-state index contributed by atoms with van der Waals surface area (Å²) in [4.78, 5) is 35.5. The molecule has 0 spiro atoms. The van der Waals surface area contributed by atoms with Crippen molar-refractivity contribution in [2.24, 2.45) is 10.2 Å². The van der Waals surface area contributed by atoms with Crippen LogP contribution in [-0.4, -0.2) is 80.6 Å². The second-order valence-electron chi connectivity index (χ2n) is 16.0. The molecular formula is C40H79N3O8P+. The molecule has 1 heterocycles. The van der Waals surface area contributed by atoms with Gasteiger partial charge in [0.05, 0.1) is 27.7 Å². The number of hydrogen-bond acceptors (Lipinski definition) is 9. The molecular weight excluding hydrogens is 681 g/mol. The van der Waals surface area contributed by atoms with Gasteiger partial charge < -0.3 is 18.9 Å². The predicted octanol–water partition coefficient (Wildman–Crippen LogP) is 11.0. The number of phosphoric acid groups is 1. The third-order valence-corrected chi connectivity index (χ3v) is 10.7. The Labute approximate surface area is 318 Å². The highest BCUT2D eigenvalue weighted by molar-refractivity contribution is 7.47. The molecule has 52 heavy (non-hydrogen) atoms. The van der Waals surface area contributed by atoms with E-state index in [-0.39, 0.29) is 37.7 Å². The van der Waals surface area contributed by atoms with Crippen LogP contribution in [0.3, 0.4) is 0 Å². The fraction of sp³-hybridized carbons (Fsp3) is 0.950. The molecule has 0 amide bonds. The van der Waals surface area contributed by atoms with Crippen LogP contribution in [0.15, 0.2) is 10.2 Å². The molecule has 1 rings (SSSR count). The minimum Gasteiger partial charge on any atom is -0.462 e. The smallest absolute Gasteiger partial charge is 0.462 e. The first-order valence-electron chi connectivity index (χ1n) is 21.1. The molecule has 11 nitrogen and oxygen atoms in total. The summed E-state index contributed by atoms with van der Waals surface area (Å²) in [6.07, 6.45) is 28.8. The van der Waals surface area contributed by atoms with Crippen molar-refractivity contribution in [3.8, 4) is 0 Å². The zero-order valence-electron chi connectivity index (χ0n) is 34.1. The zero-order chi connectivity index (χ0) is 38.4. The Hall–Kier alpha value is -1.39. The van der Waals surface area contributed by atoms with Crippen LogP contribution >= 0.6 is 7.82 Å². The molecule has 0 aromatic rings. The number of quaternary nitrogens is 1. The molecule has 0 aromatic carbocycles. The van der Waals surface area contributed by atoms with Crippen molar-refractivity contribution in [1.82, 2.24) is 0 Å². The van der Waals surface area contributed by atoms with Crippen LogP contribution in [0.5, 0.6) is 0 Å². The number of nitrogens with zero attached hydrogens (tertiary/aromatic N) is 3. The predicted molar refractivity (Wildman–Crippen MR) is 209 cm³/mol. The van der Waals surface area contributed by atoms with Crippen molar-refractivity contribution in [2.45, 2.75) is 199 Å². The number of hydrogen-bond donors (Lipinski definition) is 1. The maximum Gasteiger partial charge on any atom is 0.472 e. The minimum absolute atomic E-state index is 0.0205. The Balaban J connectivity index is 2.35. The molecule has 0 bridgehead atoms. The second-order valence-corrected chi connectivity index (χ2v) is 17.5. The number of ether oxygens (including phenoxy) is 2. The fourth-order valence-corrected chi connectivity index (χ4v) is 6.92. The highest BCUT2D eigenvalue weighted by Crippen LogP contribution is 2.43. The molecule has 306 valence electrons. The first-order chi connectivity index (χ1) is 24.9. The van der Waals surface area contributed by atoms with Gasteiger partial charge in [-0.2, -0.15) is 10.2 Å². The number of carbonyl (C=O) groups excluding carboxylic acids is 2. The summed E-state index contributed by atoms with van der Waals surface area (Å²) in [6.45, 7) is 4.32. The summed E-state index contributed by atoms with van der Waals surface area (Å²) in [7, 11) is 1.44. The quantitative estimate of drug-likeness (QED) is 0.0285. The van der Waals surface area contributed by atoms with E-state index in [4.69, 9.17) is 18.5 Å². The Bertz CT molecular complexity index is 984. The molecule has 1 unspecified atom stereocenters. The third kappa shape index (κ3) is 30.0. The lowest BCUT2D eigenvalue weighted by Crippen LogP contribution is -2.37. The van der Waals surface area contributed by atoms with Gasteiger partial charge in [0.1, 0.15) is 19.8 Å². The van der Waals surface area contributed by atoms with E-state index >= 15 is 0 Å². The maximum absolute atomic E-state index is 12.8. The van der Waals surface area contributed by atoms with Crippen molar-refractivity contribution in [3.63, 3.8) is 0 Å². The highest BCUT2D eigenvalue weighted by Gasteiger charge is 2.38. The number of unbranched alkanes of at least 4 members (excludes halogenated alkanes) is 20. The first kappa shape index (κ1) is 48.6. The van der Waals surface area contributed by atoms with Crippen LogP contribution in [0.1, 0.15) is 187 Å². The lowest BCUT2D eigenvalue weighted by atomic mass is 9.98. The van der Waals surface area contributed by atoms with Crippen molar-refractivity contribution >= 4 is 19.8 Å². The third-order valence-electron chi connectivity index (χ3n) is 9.67. The van der Waals surface area contributed by atoms with Gasteiger partial charge in [-0.3, -0.25) is 18.6 Å². The molecule has 1 N–H and O–H groups in total. The molecule has 1 aliphatic rings. The summed E-state index contributed by atoms with van der Waals surface area (Å²) in [5.74, 6) is -0.871. The van der Waals surface area contributed by atoms with Gasteiger partial charge in [0.15, 0.2) is 11.8 Å². The summed E-state index contributed by atoms with van der Waals surface area (Å²) in [6, 6.07) is 0. The lowest BCUT2D eigenvalue weighted by molar-refractivity contribution is -0.870. The van der Waals surface area contributed by atoms with Crippen LogP contribution in [-0.2, 0) is 32.7 Å². The number of rotatable bonds is 38. The van der Waals surface area contributed by atoms with E-state index < -0.39 is 26.5 Å². The molecule has 0 saturated heterocycles. The fourth-order valence-electron chi connectivity index (χ4n) is 6.18. The van der Waals surface area contributed by atoms with Gasteiger partial charge in [-0.05, 0) is 32.1 Å². The lowest BCUT2D eigenvalue weighted by Gasteiger charge is -2.24. The summed E-state index contributed by atoms with van der Waals surface area (Å²) in [5, 5.41) is 8.55. The van der Waals surface area contributed by atoms with Crippen LogP contribution < -0.4 is 0 Å². The largest absolute Gasteiger partial charge is 0.472 e. The van der Waals surface area contributed by atoms with E-state index in [2.05, 4.69) is 24.1 Å². The van der Waals surface area contributed by atoms with Crippen molar-refractivity contribution in [2.75, 3.05) is 47.5 Å². The van der Waals surface area contributed by atoms with Gasteiger partial charge in [-0.25, -0.2) is 4.57 Å². The van der Waals surface area contributed by atoms with Gasteiger partial charge in [0, 0.05) is 12.8 Å². The summed E-state index contributed by atoms with van der Waals surface area (Å²) in [5.41, 5.74) is -0.360. The van der Waals surface area contributed by atoms with Gasteiger partial charge in [-0.15, -0.1) is 0 Å². The Morgan fingerprint density at radius 1 is 0.615 bits per heavy atom. The maximum atomic E-state index is 12.8. The standard InChI is InChI=1S/C40H78N3O8P/c1-6-8-10-12-14-15-16-17-18-19-20-21-22-24-26-29-38(44)48-35-37(36-50-52(46,47)49-34-33-43(3,4)5)51-39(45)30-28-32-40(41-42-40)31-27-25-23-13-11-9-7-2/h37H,6-36H2,1-5H3/p+1/t37-/m1/s1. The Morgan fingerprint density at radius 2 is 1.06 bits per heavy atom. The molecule has 0 saturated carbocycles. The molecule has 12 heteroatoms. The topological polar surface area (TPSA) is 133 Å². The summed E-state index contributed by atoms with van der Waals surface area (Å²) >= 11 is 0. The van der Waals surface area contributed by atoms with Crippen LogP contribution in [0.2, 0.25) is 0 Å². The second kappa shape index (κ2) is 29.9. The average molecular weight is 761 g/mol. The van der Waals surface area contributed by atoms with Crippen LogP contribution in [0.4, 0.5) is 0 Å². The number of esters is 2. The van der Waals surface area contributed by atoms with E-state index in [0.717, 1.165) is 32.1 Å². The van der Waals surface area contributed by atoms with E-state index in [1.807, 2.05) is 21.1 Å². The van der Waals surface area contributed by atoms with Gasteiger partial charge >= 0.3 is 19.8 Å². The van der Waals surface area contributed by atoms with Crippen LogP contribution in [0, 0.1) is 0 Å². The molecule has 2 atom stereocenters. The Kier molecular flexibility index (Phi) is 28.0. The zero-order valence-corrected chi connectivity index (χ0v) is 35.0. The van der Waals surface area contributed by atoms with Crippen molar-refractivity contribution in [1.29, 1.82) is 0 Å². The summed E-state index contributed by atoms with van der Waals surface area (Å²) < 4.78 is 34.3. The van der Waals surface area contributed by atoms with Gasteiger partial charge in [0.25, 0.3) is 0 Å². The minimum atomic E-state index is -4.39. The van der Waals surface area contributed by atoms with Gasteiger partial charge in [-0.1, -0.05) is 142 Å². The normalized spacial score (nSPS) is 15.3. The molecule has 0 fully saturated rings. The number of carbonyl (C=O) groups is 2. The van der Waals surface area contributed by atoms with E-state index in [1.54, 1.807) is 0 Å². The molecule has 0 aromatic heterocycles. The highest BCUT2D eigenvalue weighted by atomic mass is 31.2. The number of likely N-dealkylation sites (N-methyl/N-ethyl adjacent to an activating group) is 1. The van der Waals surface area contributed by atoms with E-state index in [9.17, 15) is 19.0 Å². The van der Waals surface area contributed by atoms with Crippen molar-refractivity contribution in [3.05, 3.63) is 0 Å². The molecule has 0 aliphatic carbocycles. The molecule has 0 radical (unpaired) electrons. The van der Waals surface area contributed by atoms with Crippen LogP contribution in [0.25, 0.3) is 0 Å². The van der Waals surface area contributed by atoms with Crippen molar-refractivity contribution < 1.29 is 42.1 Å². The molecule has 1 aliphatic heterocycles. The monoisotopic (exact) mass is 761 g/mol. The van der Waals surface area contributed by atoms with Gasteiger partial charge in [0.2, 0.25) is 0 Å². The average Bonchev–Trinajstić information content (AvgIpc) is 3.86.